The lowest BCUT2D eigenvalue weighted by Gasteiger charge is -2.33. The van der Waals surface area contributed by atoms with Crippen LogP contribution in [0.2, 0.25) is 0 Å². The van der Waals surface area contributed by atoms with E-state index in [0.717, 1.165) is 44.0 Å². The first-order valence-electron chi connectivity index (χ1n) is 11.8. The molecule has 0 unspecified atom stereocenters. The first-order chi connectivity index (χ1) is 16.8. The number of aryl methyl sites for hydroxylation is 1. The highest BCUT2D eigenvalue weighted by atomic mass is 15.5. The van der Waals surface area contributed by atoms with Gasteiger partial charge in [0, 0.05) is 54.2 Å². The van der Waals surface area contributed by atoms with E-state index >= 15 is 0 Å². The summed E-state index contributed by atoms with van der Waals surface area (Å²) >= 11 is 0. The van der Waals surface area contributed by atoms with Crippen LogP contribution in [0.5, 0.6) is 0 Å². The summed E-state index contributed by atoms with van der Waals surface area (Å²) in [4.78, 5) is 11.5. The zero-order chi connectivity index (χ0) is 22.9. The second-order valence-electron chi connectivity index (χ2n) is 8.73. The van der Waals surface area contributed by atoms with E-state index in [2.05, 4.69) is 96.6 Å². The van der Waals surface area contributed by atoms with Gasteiger partial charge in [-0.3, -0.25) is 0 Å². The standard InChI is InChI=1S/C26H26N8/c1-2-19-15-27-26(28-16-19)32-13-11-21(12-14-32)33-17-24(23-5-3-4-6-25(23)33)20-7-9-22(10-8-20)34-18-29-30-31-34/h3-10,15-18,21H,2,11-14H2,1H3. The van der Waals surface area contributed by atoms with Crippen LogP contribution in [-0.4, -0.2) is 47.8 Å². The Hall–Kier alpha value is -4.07. The summed E-state index contributed by atoms with van der Waals surface area (Å²) in [6.45, 7) is 4.04. The largest absolute Gasteiger partial charge is 0.344 e. The molecule has 2 aromatic carbocycles. The van der Waals surface area contributed by atoms with Crippen LogP contribution in [0.3, 0.4) is 0 Å². The van der Waals surface area contributed by atoms with E-state index in [4.69, 9.17) is 0 Å². The van der Waals surface area contributed by atoms with Crippen molar-refractivity contribution >= 4 is 16.9 Å². The van der Waals surface area contributed by atoms with Gasteiger partial charge < -0.3 is 9.47 Å². The molecule has 0 N–H and O–H groups in total. The van der Waals surface area contributed by atoms with Gasteiger partial charge >= 0.3 is 0 Å². The van der Waals surface area contributed by atoms with E-state index in [1.165, 1.54) is 27.6 Å². The lowest BCUT2D eigenvalue weighted by atomic mass is 10.0. The fraction of sp³-hybridized carbons (Fsp3) is 0.269. The number of fused-ring (bicyclic) bond motifs is 1. The average Bonchev–Trinajstić information content (AvgIpc) is 3.58. The third-order valence-corrected chi connectivity index (χ3v) is 6.77. The maximum atomic E-state index is 4.58. The minimum absolute atomic E-state index is 0.449. The van der Waals surface area contributed by atoms with Crippen molar-refractivity contribution in [2.24, 2.45) is 0 Å². The molecule has 1 fully saturated rings. The molecule has 170 valence electrons. The minimum Gasteiger partial charge on any atom is -0.344 e. The van der Waals surface area contributed by atoms with E-state index < -0.39 is 0 Å². The van der Waals surface area contributed by atoms with E-state index in [9.17, 15) is 0 Å². The first kappa shape index (κ1) is 20.5. The van der Waals surface area contributed by atoms with Crippen molar-refractivity contribution in [3.63, 3.8) is 0 Å². The molecule has 4 heterocycles. The van der Waals surface area contributed by atoms with E-state index in [1.807, 2.05) is 12.4 Å². The molecular weight excluding hydrogens is 424 g/mol. The molecule has 3 aromatic heterocycles. The van der Waals surface area contributed by atoms with E-state index in [1.54, 1.807) is 11.0 Å². The summed E-state index contributed by atoms with van der Waals surface area (Å²) in [6.07, 6.45) is 10.9. The number of hydrogen-bond acceptors (Lipinski definition) is 6. The molecule has 0 radical (unpaired) electrons. The number of benzene rings is 2. The monoisotopic (exact) mass is 450 g/mol. The van der Waals surface area contributed by atoms with Crippen LogP contribution in [0.15, 0.2) is 73.4 Å². The smallest absolute Gasteiger partial charge is 0.225 e. The lowest BCUT2D eigenvalue weighted by Crippen LogP contribution is -2.35. The maximum absolute atomic E-state index is 4.58. The van der Waals surface area contributed by atoms with Crippen molar-refractivity contribution < 1.29 is 0 Å². The Morgan fingerprint density at radius 2 is 1.71 bits per heavy atom. The van der Waals surface area contributed by atoms with Gasteiger partial charge in [-0.05, 0) is 59.0 Å². The molecule has 1 saturated heterocycles. The number of nitrogens with zero attached hydrogens (tertiary/aromatic N) is 8. The van der Waals surface area contributed by atoms with Crippen molar-refractivity contribution in [1.82, 2.24) is 34.7 Å². The molecule has 1 aliphatic heterocycles. The SMILES string of the molecule is CCc1cnc(N2CCC(n3cc(-c4ccc(-n5cnnn5)cc4)c4ccccc43)CC2)nc1. The molecule has 5 aromatic rings. The molecule has 0 bridgehead atoms. The zero-order valence-corrected chi connectivity index (χ0v) is 19.1. The second kappa shape index (κ2) is 8.70. The highest BCUT2D eigenvalue weighted by Crippen LogP contribution is 2.36. The lowest BCUT2D eigenvalue weighted by molar-refractivity contribution is 0.403. The Morgan fingerprint density at radius 1 is 0.941 bits per heavy atom. The molecule has 8 heteroatoms. The van der Waals surface area contributed by atoms with Crippen LogP contribution in [0, 0.1) is 0 Å². The van der Waals surface area contributed by atoms with Crippen molar-refractivity contribution in [1.29, 1.82) is 0 Å². The third kappa shape index (κ3) is 3.71. The minimum atomic E-state index is 0.449. The maximum Gasteiger partial charge on any atom is 0.225 e. The summed E-state index contributed by atoms with van der Waals surface area (Å²) in [5.41, 5.74) is 5.84. The number of para-hydroxylation sites is 1. The first-order valence-corrected chi connectivity index (χ1v) is 11.8. The molecule has 0 aliphatic carbocycles. The normalized spacial score (nSPS) is 14.7. The summed E-state index contributed by atoms with van der Waals surface area (Å²) < 4.78 is 4.14. The van der Waals surface area contributed by atoms with Gasteiger partial charge in [0.25, 0.3) is 0 Å². The molecule has 6 rings (SSSR count). The van der Waals surface area contributed by atoms with Gasteiger partial charge in [-0.2, -0.15) is 0 Å². The third-order valence-electron chi connectivity index (χ3n) is 6.77. The number of anilines is 1. The van der Waals surface area contributed by atoms with Gasteiger partial charge in [0.05, 0.1) is 5.69 Å². The zero-order valence-electron chi connectivity index (χ0n) is 19.1. The van der Waals surface area contributed by atoms with Crippen LogP contribution in [-0.2, 0) is 6.42 Å². The molecule has 8 nitrogen and oxygen atoms in total. The fourth-order valence-corrected chi connectivity index (χ4v) is 4.85. The number of rotatable bonds is 5. The number of aromatic nitrogens is 7. The molecule has 0 atom stereocenters. The quantitative estimate of drug-likeness (QED) is 0.393. The molecule has 0 saturated carbocycles. The Balaban J connectivity index is 1.26. The predicted octanol–water partition coefficient (Wildman–Crippen LogP) is 4.48. The van der Waals surface area contributed by atoms with Crippen molar-refractivity contribution in [3.8, 4) is 16.8 Å². The van der Waals surface area contributed by atoms with Gasteiger partial charge in [-0.1, -0.05) is 37.3 Å². The summed E-state index contributed by atoms with van der Waals surface area (Å²) in [7, 11) is 0. The van der Waals surface area contributed by atoms with Gasteiger partial charge in [0.15, 0.2) is 0 Å². The van der Waals surface area contributed by atoms with E-state index in [0.29, 0.717) is 6.04 Å². The predicted molar refractivity (Wildman–Crippen MR) is 132 cm³/mol. The molecule has 0 spiro atoms. The highest BCUT2D eigenvalue weighted by Gasteiger charge is 2.24. The summed E-state index contributed by atoms with van der Waals surface area (Å²) in [6, 6.07) is 17.5. The molecular formula is C26H26N8. The van der Waals surface area contributed by atoms with Crippen molar-refractivity contribution in [2.45, 2.75) is 32.2 Å². The highest BCUT2D eigenvalue weighted by molar-refractivity contribution is 5.96. The van der Waals surface area contributed by atoms with E-state index in [-0.39, 0.29) is 0 Å². The fourth-order valence-electron chi connectivity index (χ4n) is 4.85. The van der Waals surface area contributed by atoms with Gasteiger partial charge in [-0.25, -0.2) is 14.6 Å². The molecule has 0 amide bonds. The van der Waals surface area contributed by atoms with Gasteiger partial charge in [0.1, 0.15) is 6.33 Å². The van der Waals surface area contributed by atoms with Crippen LogP contribution in [0.4, 0.5) is 5.95 Å². The van der Waals surface area contributed by atoms with Crippen molar-refractivity contribution in [2.75, 3.05) is 18.0 Å². The Morgan fingerprint density at radius 3 is 2.41 bits per heavy atom. The molecule has 1 aliphatic rings. The second-order valence-corrected chi connectivity index (χ2v) is 8.73. The van der Waals surface area contributed by atoms with Crippen LogP contribution in [0.25, 0.3) is 27.7 Å². The molecule has 34 heavy (non-hydrogen) atoms. The Kier molecular flexibility index (Phi) is 5.25. The Labute approximate surface area is 197 Å². The van der Waals surface area contributed by atoms with Crippen molar-refractivity contribution in [3.05, 3.63) is 79.0 Å². The summed E-state index contributed by atoms with van der Waals surface area (Å²) in [5.74, 6) is 0.844. The topological polar surface area (TPSA) is 77.5 Å². The number of tetrazole rings is 1. The van der Waals surface area contributed by atoms with Crippen LogP contribution in [0.1, 0.15) is 31.4 Å². The van der Waals surface area contributed by atoms with Crippen LogP contribution >= 0.6 is 0 Å². The van der Waals surface area contributed by atoms with Gasteiger partial charge in [0.2, 0.25) is 5.95 Å². The Bertz CT molecular complexity index is 1380. The van der Waals surface area contributed by atoms with Gasteiger partial charge in [-0.15, -0.1) is 5.10 Å². The summed E-state index contributed by atoms with van der Waals surface area (Å²) in [5, 5.41) is 12.7. The number of piperidine rings is 1. The number of hydrogen-bond donors (Lipinski definition) is 0. The van der Waals surface area contributed by atoms with Crippen LogP contribution < -0.4 is 4.90 Å². The average molecular weight is 451 g/mol.